The number of nitrogens with one attached hydrogen (secondary N) is 2. The Morgan fingerprint density at radius 3 is 2.81 bits per heavy atom. The summed E-state index contributed by atoms with van der Waals surface area (Å²) >= 11 is 0. The van der Waals surface area contributed by atoms with Crippen molar-refractivity contribution in [1.29, 1.82) is 0 Å². The molecule has 5 rings (SSSR count). The second kappa shape index (κ2) is 7.44. The number of halogens is 1. The Bertz CT molecular complexity index is 1060. The summed E-state index contributed by atoms with van der Waals surface area (Å²) < 4.78 is 18.9. The third kappa shape index (κ3) is 3.45. The molecule has 1 aromatic heterocycles. The number of hydrogen-bond acceptors (Lipinski definition) is 6. The number of aromatic nitrogens is 2. The van der Waals surface area contributed by atoms with Crippen molar-refractivity contribution in [2.45, 2.75) is 56.4 Å². The molecule has 0 radical (unpaired) electrons. The van der Waals surface area contributed by atoms with E-state index in [4.69, 9.17) is 4.52 Å². The Balaban J connectivity index is 1.30. The van der Waals surface area contributed by atoms with Crippen LogP contribution in [0, 0.1) is 5.82 Å². The number of anilines is 1. The van der Waals surface area contributed by atoms with Gasteiger partial charge in [-0.25, -0.2) is 9.18 Å². The summed E-state index contributed by atoms with van der Waals surface area (Å²) in [5.41, 5.74) is 0.328. The molecule has 1 saturated carbocycles. The third-order valence-electron chi connectivity index (χ3n) is 6.35. The van der Waals surface area contributed by atoms with Gasteiger partial charge in [0.15, 0.2) is 5.82 Å². The fraction of sp³-hybridized carbons (Fsp3) is 0.476. The lowest BCUT2D eigenvalue weighted by molar-refractivity contribution is -0.132. The van der Waals surface area contributed by atoms with Crippen molar-refractivity contribution in [2.75, 3.05) is 11.9 Å². The van der Waals surface area contributed by atoms with Gasteiger partial charge in [0.25, 0.3) is 5.91 Å². The van der Waals surface area contributed by atoms with Crippen LogP contribution in [-0.4, -0.2) is 45.0 Å². The van der Waals surface area contributed by atoms with Crippen LogP contribution in [0.2, 0.25) is 0 Å². The largest absolute Gasteiger partial charge is 0.339 e. The molecule has 10 heteroatoms. The van der Waals surface area contributed by atoms with Crippen LogP contribution in [0.25, 0.3) is 0 Å². The molecule has 162 valence electrons. The average molecular weight is 427 g/mol. The van der Waals surface area contributed by atoms with E-state index in [1.807, 2.05) is 0 Å². The van der Waals surface area contributed by atoms with Crippen molar-refractivity contribution in [3.63, 3.8) is 0 Å². The smallest absolute Gasteiger partial charge is 0.325 e. The molecule has 1 aliphatic carbocycles. The van der Waals surface area contributed by atoms with Crippen LogP contribution in [0.5, 0.6) is 0 Å². The van der Waals surface area contributed by atoms with Crippen molar-refractivity contribution in [3.8, 4) is 0 Å². The van der Waals surface area contributed by atoms with Crippen LogP contribution in [-0.2, 0) is 16.0 Å². The zero-order chi connectivity index (χ0) is 21.6. The van der Waals surface area contributed by atoms with Crippen LogP contribution in [0.4, 0.5) is 14.9 Å². The molecule has 2 aromatic rings. The van der Waals surface area contributed by atoms with Crippen molar-refractivity contribution in [3.05, 3.63) is 41.3 Å². The number of rotatable bonds is 4. The van der Waals surface area contributed by atoms with E-state index < -0.39 is 17.3 Å². The number of urea groups is 1. The molecular weight excluding hydrogens is 405 g/mol. The first-order valence-corrected chi connectivity index (χ1v) is 10.5. The van der Waals surface area contributed by atoms with Crippen LogP contribution in [0.3, 0.4) is 0 Å². The minimum atomic E-state index is -0.758. The highest BCUT2D eigenvalue weighted by atomic mass is 19.1. The number of amides is 4. The van der Waals surface area contributed by atoms with E-state index >= 15 is 0 Å². The Labute approximate surface area is 177 Å². The Morgan fingerprint density at radius 1 is 1.19 bits per heavy atom. The van der Waals surface area contributed by atoms with E-state index in [0.29, 0.717) is 29.9 Å². The minimum absolute atomic E-state index is 0.107. The van der Waals surface area contributed by atoms with Crippen molar-refractivity contribution in [2.24, 2.45) is 0 Å². The summed E-state index contributed by atoms with van der Waals surface area (Å²) in [7, 11) is 0. The molecule has 9 nitrogen and oxygen atoms in total. The highest BCUT2D eigenvalue weighted by Gasteiger charge is 2.51. The number of fused-ring (bicyclic) bond motifs is 1. The second-order valence-electron chi connectivity index (χ2n) is 8.37. The fourth-order valence-electron chi connectivity index (χ4n) is 4.75. The van der Waals surface area contributed by atoms with E-state index in [1.54, 1.807) is 6.07 Å². The monoisotopic (exact) mass is 427 g/mol. The lowest BCUT2D eigenvalue weighted by Gasteiger charge is -2.30. The van der Waals surface area contributed by atoms with Gasteiger partial charge in [0.1, 0.15) is 11.4 Å². The highest BCUT2D eigenvalue weighted by molar-refractivity contribution is 6.07. The van der Waals surface area contributed by atoms with Crippen LogP contribution < -0.4 is 10.6 Å². The summed E-state index contributed by atoms with van der Waals surface area (Å²) in [5, 5.41) is 9.49. The van der Waals surface area contributed by atoms with Gasteiger partial charge in [-0.1, -0.05) is 30.5 Å². The van der Waals surface area contributed by atoms with Gasteiger partial charge >= 0.3 is 6.03 Å². The van der Waals surface area contributed by atoms with Gasteiger partial charge in [0, 0.05) is 25.1 Å². The summed E-state index contributed by atoms with van der Waals surface area (Å²) in [5.74, 6) is -0.780. The lowest BCUT2D eigenvalue weighted by Crippen LogP contribution is -2.48. The van der Waals surface area contributed by atoms with E-state index in [0.717, 1.165) is 19.3 Å². The first-order valence-electron chi connectivity index (χ1n) is 10.5. The van der Waals surface area contributed by atoms with Gasteiger partial charge in [-0.3, -0.25) is 14.5 Å². The average Bonchev–Trinajstić information content (AvgIpc) is 3.30. The molecule has 31 heavy (non-hydrogen) atoms. The zero-order valence-corrected chi connectivity index (χ0v) is 16.8. The first-order chi connectivity index (χ1) is 14.9. The van der Waals surface area contributed by atoms with Crippen LogP contribution in [0.1, 0.15) is 61.7 Å². The molecular formula is C21H22FN5O4. The van der Waals surface area contributed by atoms with Gasteiger partial charge in [0.2, 0.25) is 11.8 Å². The molecule has 1 atom stereocenters. The summed E-state index contributed by atoms with van der Waals surface area (Å²) in [6.45, 7) is 0.151. The molecule has 2 N–H and O–H groups in total. The number of benzene rings is 1. The van der Waals surface area contributed by atoms with E-state index in [-0.39, 0.29) is 43.1 Å². The number of imide groups is 1. The van der Waals surface area contributed by atoms with Gasteiger partial charge in [0.05, 0.1) is 5.92 Å². The predicted molar refractivity (Wildman–Crippen MR) is 106 cm³/mol. The molecule has 1 unspecified atom stereocenters. The second-order valence-corrected chi connectivity index (χ2v) is 8.37. The van der Waals surface area contributed by atoms with E-state index in [2.05, 4.69) is 20.8 Å². The molecule has 2 fully saturated rings. The Kier molecular flexibility index (Phi) is 4.71. The van der Waals surface area contributed by atoms with Crippen LogP contribution in [0.15, 0.2) is 22.7 Å². The third-order valence-corrected chi connectivity index (χ3v) is 6.35. The minimum Gasteiger partial charge on any atom is -0.339 e. The zero-order valence-electron chi connectivity index (χ0n) is 16.8. The molecule has 1 aromatic carbocycles. The molecule has 4 amide bonds. The quantitative estimate of drug-likeness (QED) is 0.724. The topological polar surface area (TPSA) is 117 Å². The predicted octanol–water partition coefficient (Wildman–Crippen LogP) is 2.48. The number of carbonyl (C=O) groups excluding carboxylic acids is 3. The summed E-state index contributed by atoms with van der Waals surface area (Å²) in [6.07, 6.45) is 4.62. The van der Waals surface area contributed by atoms with Crippen molar-refractivity contribution in [1.82, 2.24) is 20.4 Å². The highest BCUT2D eigenvalue weighted by Crippen LogP contribution is 2.37. The molecule has 3 heterocycles. The fourth-order valence-corrected chi connectivity index (χ4v) is 4.75. The van der Waals surface area contributed by atoms with Gasteiger partial charge < -0.3 is 15.2 Å². The molecule has 1 saturated heterocycles. The van der Waals surface area contributed by atoms with E-state index in [1.165, 1.54) is 17.0 Å². The van der Waals surface area contributed by atoms with Crippen molar-refractivity contribution >= 4 is 23.5 Å². The maximum Gasteiger partial charge on any atom is 0.325 e. The molecule has 0 bridgehead atoms. The normalized spacial score (nSPS) is 22.4. The summed E-state index contributed by atoms with van der Waals surface area (Å²) in [6, 6.07) is 3.79. The van der Waals surface area contributed by atoms with E-state index in [9.17, 15) is 18.8 Å². The molecule has 1 spiro atoms. The summed E-state index contributed by atoms with van der Waals surface area (Å²) in [4.78, 5) is 42.9. The number of hydrogen-bond donors (Lipinski definition) is 2. The standard InChI is InChI=1S/C21H22FN5O4/c22-12-4-5-13-14(11-17(28)23-15(13)10-12)18-24-16(26-31-18)6-9-27-19(29)21(25-20(27)30)7-2-1-3-8-21/h4-5,10,14H,1-3,6-9,11H2,(H,23,28)(H,25,30). The Hall–Kier alpha value is -3.30. The number of nitrogens with zero attached hydrogens (tertiary/aromatic N) is 3. The first kappa shape index (κ1) is 19.7. The molecule has 2 aliphatic heterocycles. The maximum atomic E-state index is 13.5. The Morgan fingerprint density at radius 2 is 2.00 bits per heavy atom. The SMILES string of the molecule is O=C1CC(c2nc(CCN3C(=O)NC4(CCCCC4)C3=O)no2)c2ccc(F)cc2N1. The van der Waals surface area contributed by atoms with Crippen LogP contribution >= 0.6 is 0 Å². The van der Waals surface area contributed by atoms with Gasteiger partial charge in [-0.05, 0) is 30.5 Å². The maximum absolute atomic E-state index is 13.5. The van der Waals surface area contributed by atoms with Gasteiger partial charge in [-0.2, -0.15) is 4.98 Å². The number of carbonyl (C=O) groups is 3. The molecule has 3 aliphatic rings. The van der Waals surface area contributed by atoms with Gasteiger partial charge in [-0.15, -0.1) is 0 Å². The lowest BCUT2D eigenvalue weighted by atomic mass is 9.82. The van der Waals surface area contributed by atoms with Crippen molar-refractivity contribution < 1.29 is 23.3 Å².